The number of nitrogens with two attached hydrogens (primary N) is 1. The van der Waals surface area contributed by atoms with Crippen molar-refractivity contribution in [3.8, 4) is 6.07 Å². The Labute approximate surface area is 113 Å². The van der Waals surface area contributed by atoms with Crippen LogP contribution in [0.3, 0.4) is 0 Å². The van der Waals surface area contributed by atoms with E-state index in [0.717, 1.165) is 5.56 Å². The SMILES string of the molecule is N#Cc1cc(CSc2nnnn2CCN)ccc1F. The van der Waals surface area contributed by atoms with Gasteiger partial charge in [0.15, 0.2) is 0 Å². The summed E-state index contributed by atoms with van der Waals surface area (Å²) in [4.78, 5) is 0. The topological polar surface area (TPSA) is 93.4 Å². The van der Waals surface area contributed by atoms with Gasteiger partial charge in [0.2, 0.25) is 5.16 Å². The zero-order valence-corrected chi connectivity index (χ0v) is 10.8. The molecule has 0 aliphatic carbocycles. The van der Waals surface area contributed by atoms with Gasteiger partial charge in [-0.25, -0.2) is 9.07 Å². The molecule has 6 nitrogen and oxygen atoms in total. The molecule has 2 N–H and O–H groups in total. The van der Waals surface area contributed by atoms with Crippen LogP contribution in [0.2, 0.25) is 0 Å². The lowest BCUT2D eigenvalue weighted by molar-refractivity contribution is 0.557. The van der Waals surface area contributed by atoms with E-state index in [1.165, 1.54) is 23.9 Å². The number of thioether (sulfide) groups is 1. The Morgan fingerprint density at radius 3 is 3.05 bits per heavy atom. The maximum atomic E-state index is 13.2. The zero-order valence-electron chi connectivity index (χ0n) is 9.95. The Morgan fingerprint density at radius 1 is 1.47 bits per heavy atom. The molecule has 0 aliphatic heterocycles. The lowest BCUT2D eigenvalue weighted by atomic mass is 10.1. The van der Waals surface area contributed by atoms with E-state index in [9.17, 15) is 4.39 Å². The highest BCUT2D eigenvalue weighted by Crippen LogP contribution is 2.21. The van der Waals surface area contributed by atoms with Gasteiger partial charge in [0, 0.05) is 12.3 Å². The maximum absolute atomic E-state index is 13.2. The van der Waals surface area contributed by atoms with Gasteiger partial charge in [0.1, 0.15) is 11.9 Å². The van der Waals surface area contributed by atoms with Crippen LogP contribution in [0.1, 0.15) is 11.1 Å². The predicted molar refractivity (Wildman–Crippen MR) is 67.5 cm³/mol. The molecule has 8 heteroatoms. The van der Waals surface area contributed by atoms with Gasteiger partial charge in [-0.15, -0.1) is 5.10 Å². The first-order valence-electron chi connectivity index (χ1n) is 5.52. The molecular formula is C11H11FN6S. The number of halogens is 1. The quantitative estimate of drug-likeness (QED) is 0.818. The minimum Gasteiger partial charge on any atom is -0.329 e. The highest BCUT2D eigenvalue weighted by molar-refractivity contribution is 7.98. The highest BCUT2D eigenvalue weighted by Gasteiger charge is 2.08. The third-order valence-corrected chi connectivity index (χ3v) is 3.39. The van der Waals surface area contributed by atoms with Gasteiger partial charge < -0.3 is 5.73 Å². The Kier molecular flexibility index (Phi) is 4.43. The average Bonchev–Trinajstić information content (AvgIpc) is 2.86. The normalized spacial score (nSPS) is 10.4. The standard InChI is InChI=1S/C11H11FN6S/c12-10-2-1-8(5-9(10)6-14)7-19-11-15-16-17-18(11)4-3-13/h1-2,5H,3-4,7,13H2. The van der Waals surface area contributed by atoms with Gasteiger partial charge in [-0.05, 0) is 28.1 Å². The van der Waals surface area contributed by atoms with E-state index in [0.29, 0.717) is 24.0 Å². The second kappa shape index (κ2) is 6.26. The van der Waals surface area contributed by atoms with Crippen molar-refractivity contribution in [2.45, 2.75) is 17.5 Å². The summed E-state index contributed by atoms with van der Waals surface area (Å²) in [5.41, 5.74) is 6.33. The summed E-state index contributed by atoms with van der Waals surface area (Å²) in [6, 6.07) is 6.27. The first kappa shape index (κ1) is 13.5. The first-order valence-corrected chi connectivity index (χ1v) is 6.50. The van der Waals surface area contributed by atoms with Crippen molar-refractivity contribution >= 4 is 11.8 Å². The van der Waals surface area contributed by atoms with Crippen LogP contribution >= 0.6 is 11.8 Å². The summed E-state index contributed by atoms with van der Waals surface area (Å²) in [6.45, 7) is 0.996. The molecule has 2 rings (SSSR count). The molecule has 0 saturated heterocycles. The number of nitrogens with zero attached hydrogens (tertiary/aromatic N) is 5. The van der Waals surface area contributed by atoms with Crippen LogP contribution in [0.5, 0.6) is 0 Å². The molecule has 0 amide bonds. The average molecular weight is 278 g/mol. The summed E-state index contributed by atoms with van der Waals surface area (Å²) in [5.74, 6) is 0.0455. The molecule has 0 atom stereocenters. The Hall–Kier alpha value is -1.98. The number of tetrazole rings is 1. The monoisotopic (exact) mass is 278 g/mol. The summed E-state index contributed by atoms with van der Waals surface area (Å²) in [7, 11) is 0. The summed E-state index contributed by atoms with van der Waals surface area (Å²) < 4.78 is 14.8. The van der Waals surface area contributed by atoms with Crippen molar-refractivity contribution in [2.75, 3.05) is 6.54 Å². The third-order valence-electron chi connectivity index (χ3n) is 2.36. The van der Waals surface area contributed by atoms with Crippen LogP contribution in [0.15, 0.2) is 23.4 Å². The van der Waals surface area contributed by atoms with Gasteiger partial charge in [-0.2, -0.15) is 5.26 Å². The van der Waals surface area contributed by atoms with E-state index in [1.54, 1.807) is 10.7 Å². The minimum atomic E-state index is -0.510. The lowest BCUT2D eigenvalue weighted by Gasteiger charge is -2.03. The van der Waals surface area contributed by atoms with E-state index < -0.39 is 5.82 Å². The van der Waals surface area contributed by atoms with Crippen molar-refractivity contribution < 1.29 is 4.39 Å². The van der Waals surface area contributed by atoms with Gasteiger partial charge >= 0.3 is 0 Å². The molecular weight excluding hydrogens is 267 g/mol. The molecule has 0 radical (unpaired) electrons. The Morgan fingerprint density at radius 2 is 2.32 bits per heavy atom. The predicted octanol–water partition coefficient (Wildman–Crippen LogP) is 0.935. The maximum Gasteiger partial charge on any atom is 0.209 e. The molecule has 0 spiro atoms. The molecule has 0 fully saturated rings. The fraction of sp³-hybridized carbons (Fsp3) is 0.273. The van der Waals surface area contributed by atoms with Gasteiger partial charge in [-0.3, -0.25) is 0 Å². The van der Waals surface area contributed by atoms with Crippen LogP contribution in [-0.2, 0) is 12.3 Å². The van der Waals surface area contributed by atoms with Crippen molar-refractivity contribution in [3.05, 3.63) is 35.1 Å². The van der Waals surface area contributed by atoms with Crippen molar-refractivity contribution in [2.24, 2.45) is 5.73 Å². The van der Waals surface area contributed by atoms with E-state index in [2.05, 4.69) is 15.5 Å². The third kappa shape index (κ3) is 3.27. The Bertz CT molecular complexity index is 605. The van der Waals surface area contributed by atoms with Crippen LogP contribution in [-0.4, -0.2) is 26.8 Å². The van der Waals surface area contributed by atoms with Gasteiger partial charge in [0.25, 0.3) is 0 Å². The van der Waals surface area contributed by atoms with E-state index in [1.807, 2.05) is 6.07 Å². The molecule has 0 aliphatic rings. The number of aromatic nitrogens is 4. The van der Waals surface area contributed by atoms with Crippen molar-refractivity contribution in [3.63, 3.8) is 0 Å². The largest absolute Gasteiger partial charge is 0.329 e. The molecule has 0 bridgehead atoms. The molecule has 1 aromatic heterocycles. The second-order valence-corrected chi connectivity index (χ2v) is 4.63. The molecule has 0 unspecified atom stereocenters. The number of hydrogen-bond acceptors (Lipinski definition) is 6. The van der Waals surface area contributed by atoms with Crippen LogP contribution in [0.25, 0.3) is 0 Å². The molecule has 1 heterocycles. The lowest BCUT2D eigenvalue weighted by Crippen LogP contribution is -2.12. The van der Waals surface area contributed by atoms with Crippen molar-refractivity contribution in [1.82, 2.24) is 20.2 Å². The Balaban J connectivity index is 2.06. The van der Waals surface area contributed by atoms with E-state index in [4.69, 9.17) is 11.0 Å². The first-order chi connectivity index (χ1) is 9.24. The molecule has 0 saturated carbocycles. The second-order valence-electron chi connectivity index (χ2n) is 3.69. The number of rotatable bonds is 5. The summed E-state index contributed by atoms with van der Waals surface area (Å²) in [6.07, 6.45) is 0. The highest BCUT2D eigenvalue weighted by atomic mass is 32.2. The molecule has 19 heavy (non-hydrogen) atoms. The van der Waals surface area contributed by atoms with Crippen molar-refractivity contribution in [1.29, 1.82) is 5.26 Å². The fourth-order valence-electron chi connectivity index (χ4n) is 1.46. The van der Waals surface area contributed by atoms with Gasteiger partial charge in [-0.1, -0.05) is 17.8 Å². The smallest absolute Gasteiger partial charge is 0.209 e. The van der Waals surface area contributed by atoms with Gasteiger partial charge in [0.05, 0.1) is 12.1 Å². The van der Waals surface area contributed by atoms with Crippen LogP contribution in [0.4, 0.5) is 4.39 Å². The van der Waals surface area contributed by atoms with Crippen LogP contribution < -0.4 is 5.73 Å². The van der Waals surface area contributed by atoms with E-state index in [-0.39, 0.29) is 5.56 Å². The molecule has 98 valence electrons. The fourth-order valence-corrected chi connectivity index (χ4v) is 2.30. The number of nitriles is 1. The summed E-state index contributed by atoms with van der Waals surface area (Å²) in [5, 5.41) is 20.7. The van der Waals surface area contributed by atoms with Crippen LogP contribution in [0, 0.1) is 17.1 Å². The minimum absolute atomic E-state index is 0.0413. The molecule has 2 aromatic rings. The summed E-state index contributed by atoms with van der Waals surface area (Å²) >= 11 is 1.41. The number of benzene rings is 1. The number of hydrogen-bond donors (Lipinski definition) is 1. The van der Waals surface area contributed by atoms with E-state index >= 15 is 0 Å². The zero-order chi connectivity index (χ0) is 13.7. The molecule has 1 aromatic carbocycles.